The SMILES string of the molecule is COc1cccc(C(C2CNCCO2)N(C)C)c1. The Balaban J connectivity index is 2.22. The molecule has 0 saturated carbocycles. The maximum Gasteiger partial charge on any atom is 0.119 e. The van der Waals surface area contributed by atoms with Crippen LogP contribution in [0.1, 0.15) is 11.6 Å². The third-order valence-corrected chi connectivity index (χ3v) is 3.30. The van der Waals surface area contributed by atoms with Crippen molar-refractivity contribution in [3.63, 3.8) is 0 Å². The van der Waals surface area contributed by atoms with Gasteiger partial charge in [-0.1, -0.05) is 12.1 Å². The van der Waals surface area contributed by atoms with Gasteiger partial charge in [0.05, 0.1) is 25.9 Å². The van der Waals surface area contributed by atoms with Gasteiger partial charge in [-0.3, -0.25) is 0 Å². The molecular weight excluding hydrogens is 228 g/mol. The molecule has 2 unspecified atom stereocenters. The summed E-state index contributed by atoms with van der Waals surface area (Å²) in [7, 11) is 5.87. The topological polar surface area (TPSA) is 33.7 Å². The number of rotatable bonds is 4. The molecule has 0 bridgehead atoms. The fraction of sp³-hybridized carbons (Fsp3) is 0.571. The van der Waals surface area contributed by atoms with Crippen molar-refractivity contribution in [1.82, 2.24) is 10.2 Å². The van der Waals surface area contributed by atoms with Crippen LogP contribution in [0.3, 0.4) is 0 Å². The minimum atomic E-state index is 0.181. The molecule has 100 valence electrons. The largest absolute Gasteiger partial charge is 0.497 e. The summed E-state index contributed by atoms with van der Waals surface area (Å²) in [6, 6.07) is 8.46. The van der Waals surface area contributed by atoms with Crippen LogP contribution in [0.25, 0.3) is 0 Å². The van der Waals surface area contributed by atoms with Gasteiger partial charge in [-0.2, -0.15) is 0 Å². The second-order valence-electron chi connectivity index (χ2n) is 4.80. The highest BCUT2D eigenvalue weighted by atomic mass is 16.5. The summed E-state index contributed by atoms with van der Waals surface area (Å²) in [5.41, 5.74) is 1.23. The van der Waals surface area contributed by atoms with Crippen molar-refractivity contribution >= 4 is 0 Å². The maximum absolute atomic E-state index is 5.88. The quantitative estimate of drug-likeness (QED) is 0.873. The van der Waals surface area contributed by atoms with Crippen LogP contribution in [0.2, 0.25) is 0 Å². The molecule has 0 aromatic heterocycles. The van der Waals surface area contributed by atoms with E-state index in [2.05, 4.69) is 36.4 Å². The third-order valence-electron chi connectivity index (χ3n) is 3.30. The molecule has 1 aliphatic rings. The highest BCUT2D eigenvalue weighted by Gasteiger charge is 2.27. The molecule has 2 atom stereocenters. The third kappa shape index (κ3) is 3.02. The summed E-state index contributed by atoms with van der Waals surface area (Å²) in [6.07, 6.45) is 0.181. The van der Waals surface area contributed by atoms with Crippen molar-refractivity contribution in [2.24, 2.45) is 0 Å². The number of likely N-dealkylation sites (N-methyl/N-ethyl adjacent to an activating group) is 1. The molecule has 1 heterocycles. The Hall–Kier alpha value is -1.10. The predicted molar refractivity (Wildman–Crippen MR) is 72.0 cm³/mol. The molecule has 4 heteroatoms. The number of nitrogens with zero attached hydrogens (tertiary/aromatic N) is 1. The van der Waals surface area contributed by atoms with Gasteiger partial charge in [0, 0.05) is 13.1 Å². The van der Waals surface area contributed by atoms with E-state index in [0.717, 1.165) is 25.4 Å². The van der Waals surface area contributed by atoms with Gasteiger partial charge in [0.1, 0.15) is 5.75 Å². The van der Waals surface area contributed by atoms with Crippen LogP contribution in [-0.2, 0) is 4.74 Å². The zero-order valence-corrected chi connectivity index (χ0v) is 11.3. The van der Waals surface area contributed by atoms with Crippen molar-refractivity contribution in [3.8, 4) is 5.75 Å². The van der Waals surface area contributed by atoms with E-state index in [1.54, 1.807) is 7.11 Å². The van der Waals surface area contributed by atoms with Crippen molar-refractivity contribution in [3.05, 3.63) is 29.8 Å². The molecule has 2 rings (SSSR count). The van der Waals surface area contributed by atoms with E-state index >= 15 is 0 Å². The Labute approximate surface area is 109 Å². The van der Waals surface area contributed by atoms with Gasteiger partial charge in [-0.15, -0.1) is 0 Å². The summed E-state index contributed by atoms with van der Waals surface area (Å²) in [6.45, 7) is 2.60. The Morgan fingerprint density at radius 1 is 1.44 bits per heavy atom. The second-order valence-corrected chi connectivity index (χ2v) is 4.80. The van der Waals surface area contributed by atoms with Crippen molar-refractivity contribution in [2.75, 3.05) is 40.9 Å². The lowest BCUT2D eigenvalue weighted by Gasteiger charge is -2.35. The first-order valence-corrected chi connectivity index (χ1v) is 6.35. The van der Waals surface area contributed by atoms with Crippen molar-refractivity contribution < 1.29 is 9.47 Å². The van der Waals surface area contributed by atoms with Crippen LogP contribution in [0, 0.1) is 0 Å². The lowest BCUT2D eigenvalue weighted by molar-refractivity contribution is -0.0212. The van der Waals surface area contributed by atoms with Crippen LogP contribution in [-0.4, -0.2) is 51.9 Å². The van der Waals surface area contributed by atoms with E-state index in [1.165, 1.54) is 5.56 Å². The first-order chi connectivity index (χ1) is 8.72. The van der Waals surface area contributed by atoms with Crippen LogP contribution in [0.15, 0.2) is 24.3 Å². The van der Waals surface area contributed by atoms with Crippen molar-refractivity contribution in [2.45, 2.75) is 12.1 Å². The molecule has 4 nitrogen and oxygen atoms in total. The normalized spacial score (nSPS) is 21.9. The Bertz CT molecular complexity index is 376. The average molecular weight is 250 g/mol. The maximum atomic E-state index is 5.88. The lowest BCUT2D eigenvalue weighted by Crippen LogP contribution is -2.45. The van der Waals surface area contributed by atoms with Gasteiger partial charge < -0.3 is 19.7 Å². The van der Waals surface area contributed by atoms with Crippen LogP contribution in [0.5, 0.6) is 5.75 Å². The molecule has 1 aliphatic heterocycles. The van der Waals surface area contributed by atoms with Crippen molar-refractivity contribution in [1.29, 1.82) is 0 Å². The summed E-state index contributed by atoms with van der Waals surface area (Å²) in [5, 5.41) is 3.39. The van der Waals surface area contributed by atoms with Gasteiger partial charge in [-0.05, 0) is 31.8 Å². The summed E-state index contributed by atoms with van der Waals surface area (Å²) in [4.78, 5) is 2.20. The molecule has 0 spiro atoms. The molecule has 1 saturated heterocycles. The van der Waals surface area contributed by atoms with E-state index in [0.29, 0.717) is 0 Å². The minimum Gasteiger partial charge on any atom is -0.497 e. The van der Waals surface area contributed by atoms with Gasteiger partial charge in [0.2, 0.25) is 0 Å². The standard InChI is InChI=1S/C14H22N2O2/c1-16(2)14(13-10-15-7-8-18-13)11-5-4-6-12(9-11)17-3/h4-6,9,13-15H,7-8,10H2,1-3H3. The van der Waals surface area contributed by atoms with Crippen LogP contribution < -0.4 is 10.1 Å². The van der Waals surface area contributed by atoms with Gasteiger partial charge >= 0.3 is 0 Å². The molecule has 0 aliphatic carbocycles. The molecule has 1 fully saturated rings. The second kappa shape index (κ2) is 6.18. The van der Waals surface area contributed by atoms with E-state index in [1.807, 2.05) is 12.1 Å². The molecule has 1 aromatic rings. The molecule has 0 radical (unpaired) electrons. The van der Waals surface area contributed by atoms with Crippen LogP contribution >= 0.6 is 0 Å². The van der Waals surface area contributed by atoms with Gasteiger partial charge in [0.15, 0.2) is 0 Å². The van der Waals surface area contributed by atoms with Gasteiger partial charge in [-0.25, -0.2) is 0 Å². The summed E-state index contributed by atoms with van der Waals surface area (Å²) < 4.78 is 11.2. The first-order valence-electron chi connectivity index (χ1n) is 6.35. The highest BCUT2D eigenvalue weighted by molar-refractivity contribution is 5.31. The van der Waals surface area contributed by atoms with Gasteiger partial charge in [0.25, 0.3) is 0 Å². The average Bonchev–Trinajstić information content (AvgIpc) is 2.40. The highest BCUT2D eigenvalue weighted by Crippen LogP contribution is 2.27. The van der Waals surface area contributed by atoms with E-state index < -0.39 is 0 Å². The molecular formula is C14H22N2O2. The monoisotopic (exact) mass is 250 g/mol. The smallest absolute Gasteiger partial charge is 0.119 e. The first kappa shape index (κ1) is 13.3. The number of hydrogen-bond acceptors (Lipinski definition) is 4. The Kier molecular flexibility index (Phi) is 4.58. The van der Waals surface area contributed by atoms with Crippen LogP contribution in [0.4, 0.5) is 0 Å². The number of benzene rings is 1. The lowest BCUT2D eigenvalue weighted by atomic mass is 9.99. The zero-order valence-electron chi connectivity index (χ0n) is 11.3. The fourth-order valence-corrected chi connectivity index (χ4v) is 2.46. The van der Waals surface area contributed by atoms with E-state index in [4.69, 9.17) is 9.47 Å². The Morgan fingerprint density at radius 2 is 2.28 bits per heavy atom. The number of hydrogen-bond donors (Lipinski definition) is 1. The molecule has 0 amide bonds. The Morgan fingerprint density at radius 3 is 2.89 bits per heavy atom. The minimum absolute atomic E-state index is 0.181. The number of ether oxygens (including phenoxy) is 2. The fourth-order valence-electron chi connectivity index (χ4n) is 2.46. The molecule has 18 heavy (non-hydrogen) atoms. The number of nitrogens with one attached hydrogen (secondary N) is 1. The predicted octanol–water partition coefficient (Wildman–Crippen LogP) is 1.29. The summed E-state index contributed by atoms with van der Waals surface area (Å²) >= 11 is 0. The molecule has 1 N–H and O–H groups in total. The molecule has 1 aromatic carbocycles. The van der Waals surface area contributed by atoms with E-state index in [-0.39, 0.29) is 12.1 Å². The van der Waals surface area contributed by atoms with E-state index in [9.17, 15) is 0 Å². The number of methoxy groups -OCH3 is 1. The zero-order chi connectivity index (χ0) is 13.0. The summed E-state index contributed by atoms with van der Waals surface area (Å²) in [5.74, 6) is 0.892. The number of morpholine rings is 1.